The van der Waals surface area contributed by atoms with Crippen molar-refractivity contribution in [3.8, 4) is 6.07 Å². The molecule has 0 bridgehead atoms. The van der Waals surface area contributed by atoms with E-state index in [1.54, 1.807) is 30.5 Å². The lowest BCUT2D eigenvalue weighted by molar-refractivity contribution is 0.363. The van der Waals surface area contributed by atoms with Crippen LogP contribution in [0.5, 0.6) is 0 Å². The maximum Gasteiger partial charge on any atom is 0.227 e. The molecule has 10 nitrogen and oxygen atoms in total. The highest BCUT2D eigenvalue weighted by molar-refractivity contribution is 7.88. The van der Waals surface area contributed by atoms with Crippen LogP contribution in [0.4, 0.5) is 17.6 Å². The molecule has 1 aromatic carbocycles. The number of aromatic amines is 1. The van der Waals surface area contributed by atoms with Gasteiger partial charge in [-0.05, 0) is 62.3 Å². The fourth-order valence-corrected chi connectivity index (χ4v) is 6.16. The smallest absolute Gasteiger partial charge is 0.227 e. The van der Waals surface area contributed by atoms with Crippen LogP contribution >= 0.6 is 0 Å². The highest BCUT2D eigenvalue weighted by atomic mass is 32.2. The molecule has 2 aliphatic rings. The first-order valence-electron chi connectivity index (χ1n) is 12.3. The van der Waals surface area contributed by atoms with Crippen LogP contribution in [-0.2, 0) is 15.8 Å². The zero-order chi connectivity index (χ0) is 25.1. The van der Waals surface area contributed by atoms with Gasteiger partial charge in [-0.15, -0.1) is 0 Å². The second-order valence-corrected chi connectivity index (χ2v) is 11.4. The Bertz CT molecular complexity index is 1350. The number of H-pyrrole nitrogens is 1. The van der Waals surface area contributed by atoms with Crippen molar-refractivity contribution in [1.82, 2.24) is 24.9 Å². The second-order valence-electron chi connectivity index (χ2n) is 9.66. The van der Waals surface area contributed by atoms with Crippen molar-refractivity contribution < 1.29 is 8.42 Å². The van der Waals surface area contributed by atoms with Crippen LogP contribution in [0, 0.1) is 11.3 Å². The second kappa shape index (κ2) is 10.2. The number of aromatic nitrogens is 4. The summed E-state index contributed by atoms with van der Waals surface area (Å²) in [6.45, 7) is 0. The zero-order valence-corrected chi connectivity index (χ0v) is 21.0. The molecule has 0 atom stereocenters. The van der Waals surface area contributed by atoms with Gasteiger partial charge in [-0.3, -0.25) is 5.10 Å². The normalized spacial score (nSPS) is 20.0. The van der Waals surface area contributed by atoms with Crippen molar-refractivity contribution in [2.75, 3.05) is 17.3 Å². The Morgan fingerprint density at radius 1 is 1.11 bits per heavy atom. The number of anilines is 3. The van der Waals surface area contributed by atoms with Gasteiger partial charge in [0.2, 0.25) is 16.0 Å². The average molecular weight is 507 g/mol. The summed E-state index contributed by atoms with van der Waals surface area (Å²) in [5.41, 5.74) is 2.23. The molecule has 3 aromatic rings. The highest BCUT2D eigenvalue weighted by Gasteiger charge is 2.28. The van der Waals surface area contributed by atoms with Gasteiger partial charge < -0.3 is 10.2 Å². The largest absolute Gasteiger partial charge is 0.341 e. The molecule has 2 aliphatic carbocycles. The molecule has 0 aliphatic heterocycles. The molecule has 0 saturated heterocycles. The lowest BCUT2D eigenvalue weighted by atomic mass is 9.91. The maximum absolute atomic E-state index is 12.7. The van der Waals surface area contributed by atoms with E-state index in [2.05, 4.69) is 35.1 Å². The molecule has 0 amide bonds. The van der Waals surface area contributed by atoms with Gasteiger partial charge >= 0.3 is 0 Å². The van der Waals surface area contributed by atoms with Crippen molar-refractivity contribution in [2.45, 2.75) is 62.3 Å². The predicted molar refractivity (Wildman–Crippen MR) is 137 cm³/mol. The summed E-state index contributed by atoms with van der Waals surface area (Å²) < 4.78 is 28.2. The highest BCUT2D eigenvalue weighted by Crippen LogP contribution is 2.39. The van der Waals surface area contributed by atoms with Gasteiger partial charge in [0.15, 0.2) is 5.82 Å². The van der Waals surface area contributed by atoms with Crippen molar-refractivity contribution in [2.24, 2.45) is 0 Å². The lowest BCUT2D eigenvalue weighted by Crippen LogP contribution is -2.43. The first-order valence-corrected chi connectivity index (χ1v) is 13.9. The minimum atomic E-state index is -3.50. The van der Waals surface area contributed by atoms with Crippen LogP contribution in [0.25, 0.3) is 0 Å². The van der Waals surface area contributed by atoms with Gasteiger partial charge in [0, 0.05) is 43.0 Å². The first-order chi connectivity index (χ1) is 17.4. The molecule has 5 rings (SSSR count). The predicted octanol–water partition coefficient (Wildman–Crippen LogP) is 3.56. The van der Waals surface area contributed by atoms with E-state index in [1.807, 2.05) is 25.2 Å². The Labute approximate surface area is 211 Å². The fourth-order valence-electron chi connectivity index (χ4n) is 4.71. The minimum absolute atomic E-state index is 0.104. The summed E-state index contributed by atoms with van der Waals surface area (Å²) in [6.07, 6.45) is 7.30. The number of sulfonamides is 1. The van der Waals surface area contributed by atoms with Crippen LogP contribution < -0.4 is 14.9 Å². The molecule has 0 spiro atoms. The van der Waals surface area contributed by atoms with E-state index in [9.17, 15) is 8.42 Å². The number of nitrogens with one attached hydrogen (secondary N) is 3. The van der Waals surface area contributed by atoms with Gasteiger partial charge in [-0.25, -0.2) is 18.1 Å². The molecular weight excluding hydrogens is 476 g/mol. The Morgan fingerprint density at radius 3 is 2.67 bits per heavy atom. The molecule has 11 heteroatoms. The van der Waals surface area contributed by atoms with Crippen molar-refractivity contribution in [3.05, 3.63) is 59.4 Å². The van der Waals surface area contributed by atoms with E-state index in [0.29, 0.717) is 28.8 Å². The lowest BCUT2D eigenvalue weighted by Gasteiger charge is -2.34. The Balaban J connectivity index is 1.14. The first kappa shape index (κ1) is 24.2. The van der Waals surface area contributed by atoms with Crippen LogP contribution in [-0.4, -0.2) is 47.7 Å². The van der Waals surface area contributed by atoms with E-state index in [1.165, 1.54) is 12.8 Å². The van der Waals surface area contributed by atoms with E-state index in [4.69, 9.17) is 5.26 Å². The third kappa shape index (κ3) is 6.01. The van der Waals surface area contributed by atoms with Crippen molar-refractivity contribution in [1.29, 1.82) is 5.26 Å². The number of hydrogen-bond acceptors (Lipinski definition) is 8. The molecule has 0 unspecified atom stereocenters. The number of rotatable bonds is 9. The summed E-state index contributed by atoms with van der Waals surface area (Å²) >= 11 is 0. The maximum atomic E-state index is 12.7. The zero-order valence-electron chi connectivity index (χ0n) is 20.2. The molecule has 2 aromatic heterocycles. The Morgan fingerprint density at radius 2 is 1.92 bits per heavy atom. The molecule has 0 radical (unpaired) electrons. The van der Waals surface area contributed by atoms with Crippen LogP contribution in [0.3, 0.4) is 0 Å². The van der Waals surface area contributed by atoms with Gasteiger partial charge in [0.05, 0.1) is 17.4 Å². The van der Waals surface area contributed by atoms with Gasteiger partial charge in [0.25, 0.3) is 0 Å². The number of nitrogens with zero attached hydrogens (tertiary/aromatic N) is 5. The van der Waals surface area contributed by atoms with Crippen LogP contribution in [0.2, 0.25) is 0 Å². The monoisotopic (exact) mass is 506 g/mol. The van der Waals surface area contributed by atoms with E-state index < -0.39 is 10.0 Å². The summed E-state index contributed by atoms with van der Waals surface area (Å²) in [5.74, 6) is 2.53. The SMILES string of the molecule is CN(c1nccc(Nc2cc(C3CC3)[nH]n2)n1)C1CCC(NS(=O)(=O)Cc2cccc(C#N)c2)CC1. The summed E-state index contributed by atoms with van der Waals surface area (Å²) in [7, 11) is -1.52. The molecule has 2 fully saturated rings. The van der Waals surface area contributed by atoms with Gasteiger partial charge in [-0.1, -0.05) is 12.1 Å². The standard InChI is InChI=1S/C25H30N8O2S/c1-33(25-27-12-11-23(29-25)28-24-14-22(30-31-24)19-5-6-19)21-9-7-20(8-10-21)32-36(34,35)16-18-4-2-3-17(13-18)15-26/h2-4,11-14,19-21,32H,5-10,16H2,1H3,(H2,27,28,29,30,31). The average Bonchev–Trinajstić information content (AvgIpc) is 3.62. The van der Waals surface area contributed by atoms with Crippen molar-refractivity contribution in [3.63, 3.8) is 0 Å². The summed E-state index contributed by atoms with van der Waals surface area (Å²) in [4.78, 5) is 11.2. The number of hydrogen-bond donors (Lipinski definition) is 3. The summed E-state index contributed by atoms with van der Waals surface area (Å²) in [5, 5.41) is 19.7. The Kier molecular flexibility index (Phi) is 6.89. The van der Waals surface area contributed by atoms with E-state index in [0.717, 1.165) is 37.2 Å². The molecular formula is C25H30N8O2S. The van der Waals surface area contributed by atoms with Crippen molar-refractivity contribution >= 4 is 27.6 Å². The molecule has 36 heavy (non-hydrogen) atoms. The molecule has 2 heterocycles. The fraction of sp³-hybridized carbons (Fsp3) is 0.440. The van der Waals surface area contributed by atoms with E-state index in [-0.39, 0.29) is 17.8 Å². The number of benzene rings is 1. The van der Waals surface area contributed by atoms with E-state index >= 15 is 0 Å². The summed E-state index contributed by atoms with van der Waals surface area (Å²) in [6, 6.07) is 12.7. The van der Waals surface area contributed by atoms with Gasteiger partial charge in [0.1, 0.15) is 5.82 Å². The third-order valence-electron chi connectivity index (χ3n) is 6.83. The molecule has 188 valence electrons. The Hall–Kier alpha value is -3.49. The molecule has 2 saturated carbocycles. The molecule has 3 N–H and O–H groups in total. The third-order valence-corrected chi connectivity index (χ3v) is 8.24. The quantitative estimate of drug-likeness (QED) is 0.400. The number of nitriles is 1. The minimum Gasteiger partial charge on any atom is -0.341 e. The van der Waals surface area contributed by atoms with Crippen LogP contribution in [0.15, 0.2) is 42.6 Å². The van der Waals surface area contributed by atoms with Crippen LogP contribution in [0.1, 0.15) is 61.3 Å². The topological polar surface area (TPSA) is 140 Å². The van der Waals surface area contributed by atoms with Gasteiger partial charge in [-0.2, -0.15) is 15.3 Å².